The zero-order valence-electron chi connectivity index (χ0n) is 17.7. The number of nitrogens with zero attached hydrogens (tertiary/aromatic N) is 4. The lowest BCUT2D eigenvalue weighted by Crippen LogP contribution is -2.50. The number of rotatable bonds is 6. The molecule has 1 aliphatic rings. The first-order chi connectivity index (χ1) is 16.0. The van der Waals surface area contributed by atoms with E-state index in [4.69, 9.17) is 4.74 Å². The van der Waals surface area contributed by atoms with E-state index >= 15 is 0 Å². The van der Waals surface area contributed by atoms with Crippen LogP contribution in [0.2, 0.25) is 0 Å². The van der Waals surface area contributed by atoms with E-state index < -0.39 is 10.0 Å². The number of aromatic nitrogens is 2. The molecule has 1 amide bonds. The van der Waals surface area contributed by atoms with Gasteiger partial charge in [-0.3, -0.25) is 4.79 Å². The van der Waals surface area contributed by atoms with E-state index in [-0.39, 0.29) is 19.0 Å². The number of piperazine rings is 1. The van der Waals surface area contributed by atoms with E-state index in [1.54, 1.807) is 46.7 Å². The molecule has 0 aliphatic carbocycles. The monoisotopic (exact) mass is 482 g/mol. The van der Waals surface area contributed by atoms with Crippen molar-refractivity contribution in [3.8, 4) is 5.75 Å². The van der Waals surface area contributed by atoms with Crippen molar-refractivity contribution in [2.24, 2.45) is 0 Å². The fourth-order valence-corrected chi connectivity index (χ4v) is 6.33. The van der Waals surface area contributed by atoms with Crippen molar-refractivity contribution < 1.29 is 17.9 Å². The summed E-state index contributed by atoms with van der Waals surface area (Å²) in [6.07, 6.45) is 3.86. The van der Waals surface area contributed by atoms with Gasteiger partial charge in [0.25, 0.3) is 15.9 Å². The minimum atomic E-state index is -3.49. The van der Waals surface area contributed by atoms with Crippen LogP contribution in [0.4, 0.5) is 0 Å². The van der Waals surface area contributed by atoms with E-state index in [0.29, 0.717) is 35.2 Å². The third-order valence-electron chi connectivity index (χ3n) is 5.52. The molecule has 8 nitrogen and oxygen atoms in total. The van der Waals surface area contributed by atoms with Gasteiger partial charge in [-0.25, -0.2) is 13.4 Å². The molecule has 1 fully saturated rings. The van der Waals surface area contributed by atoms with Gasteiger partial charge in [0, 0.05) is 44.1 Å². The largest absolute Gasteiger partial charge is 0.487 e. The van der Waals surface area contributed by atoms with Crippen molar-refractivity contribution in [2.75, 3.05) is 26.2 Å². The summed E-state index contributed by atoms with van der Waals surface area (Å²) in [5, 5.41) is 1.75. The van der Waals surface area contributed by atoms with Crippen molar-refractivity contribution in [3.05, 3.63) is 83.6 Å². The van der Waals surface area contributed by atoms with Crippen LogP contribution in [0.5, 0.6) is 5.75 Å². The quantitative estimate of drug-likeness (QED) is 0.422. The van der Waals surface area contributed by atoms with Crippen LogP contribution in [-0.4, -0.2) is 59.1 Å². The van der Waals surface area contributed by atoms with Crippen molar-refractivity contribution in [1.29, 1.82) is 0 Å². The number of hydrogen-bond acceptors (Lipinski definition) is 6. The molecule has 4 heterocycles. The highest BCUT2D eigenvalue weighted by atomic mass is 32.2. The van der Waals surface area contributed by atoms with Crippen molar-refractivity contribution in [2.45, 2.75) is 10.8 Å². The van der Waals surface area contributed by atoms with Gasteiger partial charge in [0.2, 0.25) is 0 Å². The number of pyridine rings is 1. The van der Waals surface area contributed by atoms with Crippen molar-refractivity contribution in [1.82, 2.24) is 18.6 Å². The topological polar surface area (TPSA) is 84.2 Å². The van der Waals surface area contributed by atoms with Gasteiger partial charge in [-0.2, -0.15) is 4.31 Å². The summed E-state index contributed by atoms with van der Waals surface area (Å²) in [7, 11) is -3.49. The smallest absolute Gasteiger partial charge is 0.253 e. The normalized spacial score (nSPS) is 15.1. The van der Waals surface area contributed by atoms with Crippen LogP contribution in [0.25, 0.3) is 5.65 Å². The van der Waals surface area contributed by atoms with E-state index in [1.807, 2.05) is 35.0 Å². The Balaban J connectivity index is 1.17. The zero-order chi connectivity index (χ0) is 22.8. The van der Waals surface area contributed by atoms with Crippen LogP contribution < -0.4 is 4.74 Å². The molecule has 0 atom stereocenters. The number of imidazole rings is 1. The Bertz CT molecular complexity index is 1320. The molecule has 1 saturated heterocycles. The van der Waals surface area contributed by atoms with Crippen LogP contribution in [-0.2, 0) is 16.6 Å². The maximum absolute atomic E-state index is 12.9. The average molecular weight is 483 g/mol. The van der Waals surface area contributed by atoms with Gasteiger partial charge in [-0.1, -0.05) is 12.1 Å². The molecule has 5 rings (SSSR count). The number of sulfonamides is 1. The molecule has 33 heavy (non-hydrogen) atoms. The Hall–Kier alpha value is -3.21. The molecule has 170 valence electrons. The summed E-state index contributed by atoms with van der Waals surface area (Å²) >= 11 is 1.21. The molecule has 0 N–H and O–H groups in total. The summed E-state index contributed by atoms with van der Waals surface area (Å²) in [5.41, 5.74) is 2.22. The van der Waals surface area contributed by atoms with Crippen molar-refractivity contribution in [3.63, 3.8) is 0 Å². The molecule has 3 aromatic heterocycles. The highest BCUT2D eigenvalue weighted by molar-refractivity contribution is 7.91. The highest BCUT2D eigenvalue weighted by Crippen LogP contribution is 2.23. The molecule has 0 bridgehead atoms. The van der Waals surface area contributed by atoms with E-state index in [1.165, 1.54) is 15.6 Å². The Morgan fingerprint density at radius 2 is 1.79 bits per heavy atom. The van der Waals surface area contributed by atoms with Crippen LogP contribution in [0.1, 0.15) is 16.1 Å². The van der Waals surface area contributed by atoms with Gasteiger partial charge in [0.1, 0.15) is 22.2 Å². The first-order valence-electron chi connectivity index (χ1n) is 10.5. The standard InChI is InChI=1S/C23H22N4O4S2/c28-23(25-11-13-27(14-12-25)33(29,30)22-5-3-15-32-22)18-6-8-20(9-7-18)31-17-19-16-26-10-2-1-4-21(26)24-19/h1-10,15-16H,11-14,17H2. The Labute approximate surface area is 195 Å². The molecular weight excluding hydrogens is 460 g/mol. The molecule has 1 aromatic carbocycles. The number of benzene rings is 1. The Morgan fingerprint density at radius 1 is 1.00 bits per heavy atom. The van der Waals surface area contributed by atoms with Gasteiger partial charge in [-0.05, 0) is 47.8 Å². The lowest BCUT2D eigenvalue weighted by molar-refractivity contribution is 0.0698. The average Bonchev–Trinajstić information content (AvgIpc) is 3.53. The maximum atomic E-state index is 12.9. The predicted octanol–water partition coefficient (Wildman–Crippen LogP) is 3.12. The lowest BCUT2D eigenvalue weighted by atomic mass is 10.2. The van der Waals surface area contributed by atoms with E-state index in [9.17, 15) is 13.2 Å². The van der Waals surface area contributed by atoms with Crippen molar-refractivity contribution >= 4 is 32.9 Å². The number of fused-ring (bicyclic) bond motifs is 1. The third-order valence-corrected chi connectivity index (χ3v) is 8.79. The highest BCUT2D eigenvalue weighted by Gasteiger charge is 2.31. The fourth-order valence-electron chi connectivity index (χ4n) is 3.76. The number of carbonyl (C=O) groups excluding carboxylic acids is 1. The Morgan fingerprint density at radius 3 is 2.48 bits per heavy atom. The predicted molar refractivity (Wildman–Crippen MR) is 125 cm³/mol. The molecule has 10 heteroatoms. The second-order valence-electron chi connectivity index (χ2n) is 7.64. The number of thiophene rings is 1. The van der Waals surface area contributed by atoms with Crippen LogP contribution in [0.3, 0.4) is 0 Å². The van der Waals surface area contributed by atoms with Gasteiger partial charge in [0.15, 0.2) is 0 Å². The summed E-state index contributed by atoms with van der Waals surface area (Å²) in [4.78, 5) is 19.1. The second kappa shape index (κ2) is 8.97. The third kappa shape index (κ3) is 4.50. The Kier molecular flexibility index (Phi) is 5.88. The van der Waals surface area contributed by atoms with Crippen LogP contribution >= 0.6 is 11.3 Å². The lowest BCUT2D eigenvalue weighted by Gasteiger charge is -2.33. The molecule has 0 saturated carbocycles. The van der Waals surface area contributed by atoms with E-state index in [0.717, 1.165) is 11.3 Å². The number of ether oxygens (including phenoxy) is 1. The number of hydrogen-bond donors (Lipinski definition) is 0. The summed E-state index contributed by atoms with van der Waals surface area (Å²) in [6.45, 7) is 1.61. The molecular formula is C23H22N4O4S2. The van der Waals surface area contributed by atoms with Gasteiger partial charge < -0.3 is 14.0 Å². The SMILES string of the molecule is O=C(c1ccc(OCc2cn3ccccc3n2)cc1)N1CCN(S(=O)(=O)c2cccs2)CC1. The number of carbonyl (C=O) groups is 1. The first kappa shape index (κ1) is 21.6. The van der Waals surface area contributed by atoms with Gasteiger partial charge in [0.05, 0.1) is 5.69 Å². The van der Waals surface area contributed by atoms with E-state index in [2.05, 4.69) is 4.98 Å². The molecule has 0 unspecified atom stereocenters. The summed E-state index contributed by atoms with van der Waals surface area (Å²) in [6, 6.07) is 16.1. The first-order valence-corrected chi connectivity index (χ1v) is 12.8. The zero-order valence-corrected chi connectivity index (χ0v) is 19.3. The van der Waals surface area contributed by atoms with Gasteiger partial charge >= 0.3 is 0 Å². The fraction of sp³-hybridized carbons (Fsp3) is 0.217. The second-order valence-corrected chi connectivity index (χ2v) is 10.8. The minimum absolute atomic E-state index is 0.116. The molecule has 0 radical (unpaired) electrons. The molecule has 0 spiro atoms. The molecule has 1 aliphatic heterocycles. The van der Waals surface area contributed by atoms with Crippen LogP contribution in [0, 0.1) is 0 Å². The summed E-state index contributed by atoms with van der Waals surface area (Å²) in [5.74, 6) is 0.533. The minimum Gasteiger partial charge on any atom is -0.487 e. The maximum Gasteiger partial charge on any atom is 0.253 e. The molecule has 4 aromatic rings. The van der Waals surface area contributed by atoms with Crippen LogP contribution in [0.15, 0.2) is 76.6 Å². The van der Waals surface area contributed by atoms with Gasteiger partial charge in [-0.15, -0.1) is 11.3 Å². The number of amides is 1. The summed E-state index contributed by atoms with van der Waals surface area (Å²) < 4.78 is 34.9.